The van der Waals surface area contributed by atoms with Gasteiger partial charge < -0.3 is 16.2 Å². The second-order valence-electron chi connectivity index (χ2n) is 3.74. The van der Waals surface area contributed by atoms with Crippen molar-refractivity contribution in [3.8, 4) is 5.75 Å². The minimum atomic E-state index is 0.177. The molecule has 2 atom stereocenters. The summed E-state index contributed by atoms with van der Waals surface area (Å²) in [6, 6.07) is 8.31. The Morgan fingerprint density at radius 2 is 2.00 bits per heavy atom. The molecule has 1 fully saturated rings. The van der Waals surface area contributed by atoms with E-state index in [0.717, 1.165) is 12.2 Å². The van der Waals surface area contributed by atoms with Crippen molar-refractivity contribution in [2.45, 2.75) is 18.4 Å². The molecule has 2 rings (SSSR count). The number of rotatable bonds is 3. The second kappa shape index (κ2) is 3.81. The molecule has 4 nitrogen and oxygen atoms in total. The highest BCUT2D eigenvalue weighted by atomic mass is 16.5. The maximum absolute atomic E-state index is 5.33. The fourth-order valence-electron chi connectivity index (χ4n) is 1.73. The lowest BCUT2D eigenvalue weighted by atomic mass is 10.1. The fraction of sp³-hybridized carbons (Fsp3) is 0.364. The van der Waals surface area contributed by atoms with Gasteiger partial charge in [-0.2, -0.15) is 0 Å². The Bertz CT molecular complexity index is 368. The summed E-state index contributed by atoms with van der Waals surface area (Å²) < 4.78 is 5.09. The number of aliphatic imine (C=N–C) groups is 1. The first kappa shape index (κ1) is 9.83. The summed E-state index contributed by atoms with van der Waals surface area (Å²) in [7, 11) is 1.66. The van der Waals surface area contributed by atoms with Crippen LogP contribution in [0.25, 0.3) is 0 Å². The predicted molar refractivity (Wildman–Crippen MR) is 59.9 cm³/mol. The molecule has 1 aliphatic rings. The number of methoxy groups -OCH3 is 1. The molecule has 1 aliphatic carbocycles. The van der Waals surface area contributed by atoms with Crippen LogP contribution in [0.1, 0.15) is 17.9 Å². The highest BCUT2D eigenvalue weighted by molar-refractivity contribution is 5.76. The molecule has 0 amide bonds. The molecular weight excluding hydrogens is 190 g/mol. The van der Waals surface area contributed by atoms with Crippen LogP contribution < -0.4 is 16.2 Å². The lowest BCUT2D eigenvalue weighted by Gasteiger charge is -2.01. The van der Waals surface area contributed by atoms with Gasteiger partial charge >= 0.3 is 0 Å². The summed E-state index contributed by atoms with van der Waals surface area (Å²) in [6.45, 7) is 0. The van der Waals surface area contributed by atoms with Crippen LogP contribution in [0.2, 0.25) is 0 Å². The molecule has 80 valence electrons. The molecule has 4 heteroatoms. The third-order valence-electron chi connectivity index (χ3n) is 2.62. The van der Waals surface area contributed by atoms with Crippen LogP contribution in [0.3, 0.4) is 0 Å². The number of ether oxygens (including phenoxy) is 1. The molecule has 0 aliphatic heterocycles. The van der Waals surface area contributed by atoms with Gasteiger partial charge in [-0.1, -0.05) is 12.1 Å². The first-order valence-corrected chi connectivity index (χ1v) is 4.93. The molecule has 0 aromatic heterocycles. The van der Waals surface area contributed by atoms with E-state index in [2.05, 4.69) is 17.1 Å². The largest absolute Gasteiger partial charge is 0.497 e. The van der Waals surface area contributed by atoms with E-state index < -0.39 is 0 Å². The first-order valence-electron chi connectivity index (χ1n) is 4.93. The van der Waals surface area contributed by atoms with Gasteiger partial charge in [0.1, 0.15) is 5.75 Å². The normalized spacial score (nSPS) is 23.3. The standard InChI is InChI=1S/C11H15N3O/c1-15-8-4-2-7(3-5-8)9-6-10(9)14-11(12)13/h2-5,9-10H,6H2,1H3,(H4,12,13,14)/t9-,10-/m0/s1. The van der Waals surface area contributed by atoms with Gasteiger partial charge in [-0.05, 0) is 24.1 Å². The molecule has 1 aromatic rings. The lowest BCUT2D eigenvalue weighted by Crippen LogP contribution is -2.23. The van der Waals surface area contributed by atoms with E-state index in [1.54, 1.807) is 7.11 Å². The predicted octanol–water partition coefficient (Wildman–Crippen LogP) is 0.825. The van der Waals surface area contributed by atoms with Crippen LogP contribution >= 0.6 is 0 Å². The maximum Gasteiger partial charge on any atom is 0.186 e. The Balaban J connectivity index is 2.04. The summed E-state index contributed by atoms with van der Waals surface area (Å²) in [5.74, 6) is 1.52. The van der Waals surface area contributed by atoms with Crippen molar-refractivity contribution in [1.29, 1.82) is 0 Å². The van der Waals surface area contributed by atoms with Crippen LogP contribution in [0.4, 0.5) is 0 Å². The molecule has 4 N–H and O–H groups in total. The van der Waals surface area contributed by atoms with Crippen LogP contribution in [0, 0.1) is 0 Å². The van der Waals surface area contributed by atoms with E-state index in [1.807, 2.05) is 12.1 Å². The van der Waals surface area contributed by atoms with Crippen molar-refractivity contribution < 1.29 is 4.74 Å². The van der Waals surface area contributed by atoms with E-state index in [1.165, 1.54) is 5.56 Å². The summed E-state index contributed by atoms with van der Waals surface area (Å²) >= 11 is 0. The van der Waals surface area contributed by atoms with Gasteiger partial charge in [0.2, 0.25) is 0 Å². The lowest BCUT2D eigenvalue weighted by molar-refractivity contribution is 0.414. The zero-order chi connectivity index (χ0) is 10.8. The molecular formula is C11H15N3O. The molecule has 0 saturated heterocycles. The average Bonchev–Trinajstić information content (AvgIpc) is 2.96. The molecule has 15 heavy (non-hydrogen) atoms. The van der Waals surface area contributed by atoms with Gasteiger partial charge in [-0.3, -0.25) is 0 Å². The van der Waals surface area contributed by atoms with Gasteiger partial charge in [0.15, 0.2) is 5.96 Å². The Morgan fingerprint density at radius 3 is 2.53 bits per heavy atom. The summed E-state index contributed by atoms with van der Waals surface area (Å²) in [5.41, 5.74) is 11.9. The molecule has 0 unspecified atom stereocenters. The SMILES string of the molecule is COc1ccc([C@@H]2C[C@@H]2N=C(N)N)cc1. The number of benzene rings is 1. The second-order valence-corrected chi connectivity index (χ2v) is 3.74. The third-order valence-corrected chi connectivity index (χ3v) is 2.62. The highest BCUT2D eigenvalue weighted by Gasteiger charge is 2.38. The van der Waals surface area contributed by atoms with Gasteiger partial charge in [0.25, 0.3) is 0 Å². The number of nitrogens with zero attached hydrogens (tertiary/aromatic N) is 1. The first-order chi connectivity index (χ1) is 7.20. The van der Waals surface area contributed by atoms with Gasteiger partial charge in [0.05, 0.1) is 13.2 Å². The molecule has 0 radical (unpaired) electrons. The van der Waals surface area contributed by atoms with Crippen LogP contribution in [-0.2, 0) is 0 Å². The number of guanidine groups is 1. The van der Waals surface area contributed by atoms with Gasteiger partial charge in [-0.15, -0.1) is 0 Å². The fourth-order valence-corrected chi connectivity index (χ4v) is 1.73. The zero-order valence-electron chi connectivity index (χ0n) is 8.68. The van der Waals surface area contributed by atoms with E-state index >= 15 is 0 Å². The van der Waals surface area contributed by atoms with Gasteiger partial charge in [-0.25, -0.2) is 4.99 Å². The topological polar surface area (TPSA) is 73.6 Å². The Hall–Kier alpha value is -1.71. The summed E-state index contributed by atoms with van der Waals surface area (Å²) in [5, 5.41) is 0. The maximum atomic E-state index is 5.33. The van der Waals surface area contributed by atoms with Crippen LogP contribution in [0.15, 0.2) is 29.3 Å². The third kappa shape index (κ3) is 2.21. The minimum Gasteiger partial charge on any atom is -0.497 e. The number of nitrogens with two attached hydrogens (primary N) is 2. The Labute approximate surface area is 88.9 Å². The van der Waals surface area contributed by atoms with Crippen molar-refractivity contribution in [2.75, 3.05) is 7.11 Å². The van der Waals surface area contributed by atoms with Crippen molar-refractivity contribution in [3.05, 3.63) is 29.8 Å². The van der Waals surface area contributed by atoms with E-state index in [9.17, 15) is 0 Å². The van der Waals surface area contributed by atoms with Crippen LogP contribution in [-0.4, -0.2) is 19.1 Å². The van der Waals surface area contributed by atoms with Crippen molar-refractivity contribution >= 4 is 5.96 Å². The molecule has 0 heterocycles. The van der Waals surface area contributed by atoms with E-state index in [4.69, 9.17) is 16.2 Å². The smallest absolute Gasteiger partial charge is 0.186 e. The van der Waals surface area contributed by atoms with E-state index in [0.29, 0.717) is 5.92 Å². The van der Waals surface area contributed by atoms with Crippen molar-refractivity contribution in [2.24, 2.45) is 16.5 Å². The molecule has 0 spiro atoms. The monoisotopic (exact) mass is 205 g/mol. The van der Waals surface area contributed by atoms with Crippen molar-refractivity contribution in [1.82, 2.24) is 0 Å². The Kier molecular flexibility index (Phi) is 2.49. The summed E-state index contributed by atoms with van der Waals surface area (Å²) in [4.78, 5) is 4.13. The van der Waals surface area contributed by atoms with Crippen LogP contribution in [0.5, 0.6) is 5.75 Å². The Morgan fingerprint density at radius 1 is 1.33 bits per heavy atom. The zero-order valence-corrected chi connectivity index (χ0v) is 8.68. The number of hydrogen-bond acceptors (Lipinski definition) is 2. The van der Waals surface area contributed by atoms with Gasteiger partial charge in [0, 0.05) is 5.92 Å². The average molecular weight is 205 g/mol. The molecule has 1 saturated carbocycles. The van der Waals surface area contributed by atoms with E-state index in [-0.39, 0.29) is 12.0 Å². The minimum absolute atomic E-state index is 0.177. The van der Waals surface area contributed by atoms with Crippen molar-refractivity contribution in [3.63, 3.8) is 0 Å². The molecule has 1 aromatic carbocycles. The molecule has 0 bridgehead atoms. The summed E-state index contributed by atoms with van der Waals surface area (Å²) in [6.07, 6.45) is 1.03. The highest BCUT2D eigenvalue weighted by Crippen LogP contribution is 2.43. The number of hydrogen-bond donors (Lipinski definition) is 2. The quantitative estimate of drug-likeness (QED) is 0.567.